The van der Waals surface area contributed by atoms with E-state index in [4.69, 9.17) is 4.74 Å². The molecule has 126 valence electrons. The highest BCUT2D eigenvalue weighted by atomic mass is 16.6. The average molecular weight is 321 g/mol. The van der Waals surface area contributed by atoms with Gasteiger partial charge in [0.1, 0.15) is 11.3 Å². The lowest BCUT2D eigenvalue weighted by molar-refractivity contribution is -0.384. The number of hydrogen-bond donors (Lipinski definition) is 1. The Morgan fingerprint density at radius 2 is 2.09 bits per heavy atom. The number of para-hydroxylation sites is 2. The molecule has 1 aliphatic heterocycles. The molecule has 1 N–H and O–H groups in total. The van der Waals surface area contributed by atoms with Crippen LogP contribution in [-0.2, 0) is 4.74 Å². The van der Waals surface area contributed by atoms with E-state index >= 15 is 0 Å². The van der Waals surface area contributed by atoms with Gasteiger partial charge in [0.05, 0.1) is 4.92 Å². The number of nitro groups is 1. The highest BCUT2D eigenvalue weighted by molar-refractivity contribution is 5.68. The Labute approximate surface area is 135 Å². The molecule has 1 fully saturated rings. The van der Waals surface area contributed by atoms with Gasteiger partial charge in [0.25, 0.3) is 5.69 Å². The highest BCUT2D eigenvalue weighted by Gasteiger charge is 2.27. The maximum Gasteiger partial charge on any atom is 0.407 e. The quantitative estimate of drug-likeness (QED) is 0.683. The van der Waals surface area contributed by atoms with Crippen molar-refractivity contribution in [3.05, 3.63) is 34.4 Å². The maximum absolute atomic E-state index is 11.9. The summed E-state index contributed by atoms with van der Waals surface area (Å²) in [6.45, 7) is 6.70. The zero-order chi connectivity index (χ0) is 17.0. The first-order chi connectivity index (χ1) is 10.8. The summed E-state index contributed by atoms with van der Waals surface area (Å²) >= 11 is 0. The molecule has 0 bridgehead atoms. The summed E-state index contributed by atoms with van der Waals surface area (Å²) < 4.78 is 5.27. The number of piperidine rings is 1. The highest BCUT2D eigenvalue weighted by Crippen LogP contribution is 2.29. The average Bonchev–Trinajstić information content (AvgIpc) is 2.45. The molecule has 1 aromatic carbocycles. The van der Waals surface area contributed by atoms with Gasteiger partial charge in [0, 0.05) is 25.2 Å². The molecule has 1 amide bonds. The van der Waals surface area contributed by atoms with E-state index in [1.54, 1.807) is 18.2 Å². The first kappa shape index (κ1) is 17.1. The van der Waals surface area contributed by atoms with E-state index in [2.05, 4.69) is 5.32 Å². The topological polar surface area (TPSA) is 84.7 Å². The molecule has 0 saturated carbocycles. The van der Waals surface area contributed by atoms with E-state index in [1.807, 2.05) is 25.7 Å². The fraction of sp³-hybridized carbons (Fsp3) is 0.562. The number of hydrogen-bond acceptors (Lipinski definition) is 5. The standard InChI is InChI=1S/C16H23N3O4/c1-16(2,3)23-15(20)17-12-7-6-10-18(11-12)13-8-4-5-9-14(13)19(21)22/h4-5,8-9,12H,6-7,10-11H2,1-3H3,(H,17,20)/t12-/m1/s1. The summed E-state index contributed by atoms with van der Waals surface area (Å²) in [7, 11) is 0. The van der Waals surface area contributed by atoms with Crippen molar-refractivity contribution in [2.45, 2.75) is 45.3 Å². The molecular formula is C16H23N3O4. The third-order valence-electron chi connectivity index (χ3n) is 3.56. The molecular weight excluding hydrogens is 298 g/mol. The smallest absolute Gasteiger partial charge is 0.407 e. The number of ether oxygens (including phenoxy) is 1. The molecule has 0 aromatic heterocycles. The minimum absolute atomic E-state index is 0.0848. The van der Waals surface area contributed by atoms with Crippen LogP contribution in [0, 0.1) is 10.1 Å². The molecule has 1 atom stereocenters. The zero-order valence-corrected chi connectivity index (χ0v) is 13.7. The predicted molar refractivity (Wildman–Crippen MR) is 87.7 cm³/mol. The summed E-state index contributed by atoms with van der Waals surface area (Å²) in [6, 6.07) is 6.60. The maximum atomic E-state index is 11.9. The molecule has 1 aromatic rings. The first-order valence-corrected chi connectivity index (χ1v) is 7.74. The summed E-state index contributed by atoms with van der Waals surface area (Å²) in [4.78, 5) is 24.6. The minimum Gasteiger partial charge on any atom is -0.444 e. The Hall–Kier alpha value is -2.31. The second-order valence-electron chi connectivity index (χ2n) is 6.68. The van der Waals surface area contributed by atoms with Gasteiger partial charge in [-0.25, -0.2) is 4.79 Å². The lowest BCUT2D eigenvalue weighted by atomic mass is 10.0. The van der Waals surface area contributed by atoms with E-state index in [0.29, 0.717) is 12.2 Å². The molecule has 0 aliphatic carbocycles. The van der Waals surface area contributed by atoms with E-state index in [9.17, 15) is 14.9 Å². The van der Waals surface area contributed by atoms with Crippen LogP contribution >= 0.6 is 0 Å². The number of anilines is 1. The molecule has 1 saturated heterocycles. The molecule has 0 unspecified atom stereocenters. The number of carbonyl (C=O) groups excluding carboxylic acids is 1. The van der Waals surface area contributed by atoms with Gasteiger partial charge in [0.15, 0.2) is 0 Å². The van der Waals surface area contributed by atoms with Crippen molar-refractivity contribution in [1.29, 1.82) is 0 Å². The van der Waals surface area contributed by atoms with Gasteiger partial charge >= 0.3 is 6.09 Å². The molecule has 23 heavy (non-hydrogen) atoms. The molecule has 1 heterocycles. The summed E-state index contributed by atoms with van der Waals surface area (Å²) in [5.74, 6) is 0. The minimum atomic E-state index is -0.545. The van der Waals surface area contributed by atoms with E-state index < -0.39 is 11.7 Å². The van der Waals surface area contributed by atoms with Crippen LogP contribution in [-0.4, -0.2) is 35.7 Å². The second-order valence-corrected chi connectivity index (χ2v) is 6.68. The number of alkyl carbamates (subject to hydrolysis) is 1. The van der Waals surface area contributed by atoms with Gasteiger partial charge < -0.3 is 15.0 Å². The van der Waals surface area contributed by atoms with Crippen molar-refractivity contribution < 1.29 is 14.5 Å². The fourth-order valence-corrected chi connectivity index (χ4v) is 2.67. The fourth-order valence-electron chi connectivity index (χ4n) is 2.67. The van der Waals surface area contributed by atoms with Gasteiger partial charge in [-0.2, -0.15) is 0 Å². The van der Waals surface area contributed by atoms with Crippen molar-refractivity contribution in [2.24, 2.45) is 0 Å². The van der Waals surface area contributed by atoms with Crippen LogP contribution < -0.4 is 10.2 Å². The Morgan fingerprint density at radius 1 is 1.39 bits per heavy atom. The third-order valence-corrected chi connectivity index (χ3v) is 3.56. The van der Waals surface area contributed by atoms with Gasteiger partial charge in [0.2, 0.25) is 0 Å². The van der Waals surface area contributed by atoms with Crippen molar-refractivity contribution in [2.75, 3.05) is 18.0 Å². The Morgan fingerprint density at radius 3 is 2.74 bits per heavy atom. The summed E-state index contributed by atoms with van der Waals surface area (Å²) in [6.07, 6.45) is 1.23. The van der Waals surface area contributed by atoms with Crippen molar-refractivity contribution in [3.8, 4) is 0 Å². The number of nitro benzene ring substituents is 1. The van der Waals surface area contributed by atoms with Gasteiger partial charge in [-0.05, 0) is 39.7 Å². The van der Waals surface area contributed by atoms with Crippen LogP contribution in [0.1, 0.15) is 33.6 Å². The monoisotopic (exact) mass is 321 g/mol. The van der Waals surface area contributed by atoms with Crippen LogP contribution in [0.15, 0.2) is 24.3 Å². The normalized spacial score (nSPS) is 18.4. The summed E-state index contributed by atoms with van der Waals surface area (Å²) in [5, 5.41) is 14.0. The number of nitrogens with zero attached hydrogens (tertiary/aromatic N) is 2. The molecule has 7 heteroatoms. The lowest BCUT2D eigenvalue weighted by Gasteiger charge is -2.34. The van der Waals surface area contributed by atoms with E-state index in [1.165, 1.54) is 6.07 Å². The Kier molecular flexibility index (Phi) is 5.08. The van der Waals surface area contributed by atoms with Crippen molar-refractivity contribution in [1.82, 2.24) is 5.32 Å². The largest absolute Gasteiger partial charge is 0.444 e. The van der Waals surface area contributed by atoms with Crippen LogP contribution in [0.2, 0.25) is 0 Å². The number of carbonyl (C=O) groups is 1. The molecule has 2 rings (SSSR count). The number of amides is 1. The van der Waals surface area contributed by atoms with Gasteiger partial charge in [-0.15, -0.1) is 0 Å². The number of benzene rings is 1. The van der Waals surface area contributed by atoms with Crippen LogP contribution in [0.4, 0.5) is 16.2 Å². The zero-order valence-electron chi connectivity index (χ0n) is 13.7. The van der Waals surface area contributed by atoms with Crippen molar-refractivity contribution in [3.63, 3.8) is 0 Å². The third kappa shape index (κ3) is 4.84. The van der Waals surface area contributed by atoms with Gasteiger partial charge in [-0.1, -0.05) is 12.1 Å². The summed E-state index contributed by atoms with van der Waals surface area (Å²) in [5.41, 5.74) is 0.134. The Bertz CT molecular complexity index is 583. The lowest BCUT2D eigenvalue weighted by Crippen LogP contribution is -2.49. The molecule has 1 aliphatic rings. The molecule has 0 spiro atoms. The molecule has 0 radical (unpaired) electrons. The first-order valence-electron chi connectivity index (χ1n) is 7.74. The Balaban J connectivity index is 2.04. The van der Waals surface area contributed by atoms with Crippen LogP contribution in [0.25, 0.3) is 0 Å². The second kappa shape index (κ2) is 6.85. The van der Waals surface area contributed by atoms with E-state index in [-0.39, 0.29) is 16.7 Å². The van der Waals surface area contributed by atoms with Gasteiger partial charge in [-0.3, -0.25) is 10.1 Å². The number of nitrogens with one attached hydrogen (secondary N) is 1. The number of rotatable bonds is 3. The van der Waals surface area contributed by atoms with Crippen LogP contribution in [0.5, 0.6) is 0 Å². The SMILES string of the molecule is CC(C)(C)OC(=O)N[C@@H]1CCCN(c2ccccc2[N+](=O)[O-])C1. The molecule has 7 nitrogen and oxygen atoms in total. The van der Waals surface area contributed by atoms with E-state index in [0.717, 1.165) is 19.4 Å². The predicted octanol–water partition coefficient (Wildman–Crippen LogP) is 3.09. The van der Waals surface area contributed by atoms with Crippen molar-refractivity contribution >= 4 is 17.5 Å². The van der Waals surface area contributed by atoms with Crippen LogP contribution in [0.3, 0.4) is 0 Å².